The second kappa shape index (κ2) is 9.38. The third kappa shape index (κ3) is 4.43. The van der Waals surface area contributed by atoms with E-state index in [2.05, 4.69) is 0 Å². The van der Waals surface area contributed by atoms with Crippen LogP contribution in [0.5, 0.6) is 11.5 Å². The van der Waals surface area contributed by atoms with Gasteiger partial charge in [0.05, 0.1) is 18.2 Å². The molecule has 1 unspecified atom stereocenters. The number of halogens is 1. The van der Waals surface area contributed by atoms with Crippen molar-refractivity contribution >= 4 is 29.1 Å². The van der Waals surface area contributed by atoms with Gasteiger partial charge in [-0.05, 0) is 54.4 Å². The van der Waals surface area contributed by atoms with E-state index in [1.165, 1.54) is 11.0 Å². The molecule has 3 aromatic rings. The topological polar surface area (TPSA) is 87.1 Å². The molecule has 0 bridgehead atoms. The van der Waals surface area contributed by atoms with Crippen LogP contribution in [0.25, 0.3) is 5.76 Å². The molecule has 6 nitrogen and oxygen atoms in total. The van der Waals surface area contributed by atoms with Crippen LogP contribution >= 0.6 is 11.6 Å². The molecule has 0 aromatic heterocycles. The number of amides is 1. The zero-order valence-electron chi connectivity index (χ0n) is 17.9. The second-order valence-corrected chi connectivity index (χ2v) is 8.02. The fraction of sp³-hybridized carbons (Fsp3) is 0.154. The summed E-state index contributed by atoms with van der Waals surface area (Å²) in [5.41, 5.74) is 1.69. The van der Waals surface area contributed by atoms with Crippen molar-refractivity contribution in [2.24, 2.45) is 0 Å². The molecule has 0 radical (unpaired) electrons. The Balaban J connectivity index is 1.88. The molecule has 1 amide bonds. The number of ketones is 1. The molecule has 1 heterocycles. The Morgan fingerprint density at radius 3 is 2.39 bits per heavy atom. The van der Waals surface area contributed by atoms with Crippen molar-refractivity contribution in [1.82, 2.24) is 4.90 Å². The quantitative estimate of drug-likeness (QED) is 0.303. The van der Waals surface area contributed by atoms with E-state index >= 15 is 0 Å². The predicted molar refractivity (Wildman–Crippen MR) is 125 cm³/mol. The van der Waals surface area contributed by atoms with E-state index in [-0.39, 0.29) is 29.4 Å². The third-order valence-corrected chi connectivity index (χ3v) is 5.70. The van der Waals surface area contributed by atoms with Gasteiger partial charge in [-0.2, -0.15) is 0 Å². The number of nitrogens with zero attached hydrogens (tertiary/aromatic N) is 1. The maximum atomic E-state index is 13.1. The molecule has 1 atom stereocenters. The number of phenolic OH excluding ortho intramolecular Hbond substituents is 1. The highest BCUT2D eigenvalue weighted by molar-refractivity contribution is 6.46. The van der Waals surface area contributed by atoms with Crippen LogP contribution in [0, 0.1) is 0 Å². The van der Waals surface area contributed by atoms with Gasteiger partial charge in [0.1, 0.15) is 5.76 Å². The summed E-state index contributed by atoms with van der Waals surface area (Å²) in [6.45, 7) is 2.28. The second-order valence-electron chi connectivity index (χ2n) is 7.58. The number of phenols is 1. The van der Waals surface area contributed by atoms with Crippen LogP contribution in [0.4, 0.5) is 0 Å². The first-order valence-corrected chi connectivity index (χ1v) is 10.8. The molecule has 2 N–H and O–H groups in total. The van der Waals surface area contributed by atoms with Gasteiger partial charge in [0.2, 0.25) is 0 Å². The van der Waals surface area contributed by atoms with Crippen LogP contribution in [0.1, 0.15) is 29.7 Å². The highest BCUT2D eigenvalue weighted by Gasteiger charge is 2.46. The summed E-state index contributed by atoms with van der Waals surface area (Å²) in [6, 6.07) is 19.4. The van der Waals surface area contributed by atoms with Crippen molar-refractivity contribution in [1.29, 1.82) is 0 Å². The number of benzene rings is 3. The van der Waals surface area contributed by atoms with Gasteiger partial charge in [-0.25, -0.2) is 0 Å². The summed E-state index contributed by atoms with van der Waals surface area (Å²) in [4.78, 5) is 27.7. The Morgan fingerprint density at radius 2 is 1.73 bits per heavy atom. The standard InChI is InChI=1S/C26H22ClNO5/c1-2-33-21-14-18(10-13-20(21)29)23-22(24(30)17-8-11-19(27)12-9-17)25(31)26(32)28(23)15-16-6-4-3-5-7-16/h3-14,23,29-30H,2,15H2,1H3/b24-22+. The number of aliphatic hydroxyl groups is 1. The average Bonchev–Trinajstić information content (AvgIpc) is 3.06. The number of Topliss-reactive ketones (excluding diaryl/α,β-unsaturated/α-hetero) is 1. The fourth-order valence-electron chi connectivity index (χ4n) is 3.90. The molecule has 4 rings (SSSR count). The molecule has 7 heteroatoms. The zero-order chi connectivity index (χ0) is 23.5. The number of hydrogen-bond acceptors (Lipinski definition) is 5. The van der Waals surface area contributed by atoms with Crippen LogP contribution in [0.3, 0.4) is 0 Å². The van der Waals surface area contributed by atoms with Crippen molar-refractivity contribution < 1.29 is 24.5 Å². The van der Waals surface area contributed by atoms with Crippen molar-refractivity contribution in [3.63, 3.8) is 0 Å². The van der Waals surface area contributed by atoms with Crippen molar-refractivity contribution in [2.75, 3.05) is 6.61 Å². The SMILES string of the molecule is CCOc1cc(C2/C(=C(\O)c3ccc(Cl)cc3)C(=O)C(=O)N2Cc2ccccc2)ccc1O. The van der Waals surface area contributed by atoms with E-state index in [1.807, 2.05) is 30.3 Å². The molecular weight excluding hydrogens is 442 g/mol. The van der Waals surface area contributed by atoms with Crippen LogP contribution in [0.15, 0.2) is 78.4 Å². The van der Waals surface area contributed by atoms with Gasteiger partial charge in [0.25, 0.3) is 11.7 Å². The lowest BCUT2D eigenvalue weighted by atomic mass is 9.95. The van der Waals surface area contributed by atoms with Crippen molar-refractivity contribution in [3.8, 4) is 11.5 Å². The Morgan fingerprint density at radius 1 is 1.03 bits per heavy atom. The van der Waals surface area contributed by atoms with E-state index in [4.69, 9.17) is 16.3 Å². The molecule has 1 saturated heterocycles. The van der Waals surface area contributed by atoms with Crippen molar-refractivity contribution in [3.05, 3.63) is 100 Å². The Kier molecular flexibility index (Phi) is 6.38. The van der Waals surface area contributed by atoms with Gasteiger partial charge in [-0.15, -0.1) is 0 Å². The Labute approximate surface area is 196 Å². The Bertz CT molecular complexity index is 1220. The van der Waals surface area contributed by atoms with Crippen LogP contribution in [-0.2, 0) is 16.1 Å². The zero-order valence-corrected chi connectivity index (χ0v) is 18.6. The molecule has 168 valence electrons. The normalized spacial score (nSPS) is 17.4. The molecule has 0 aliphatic carbocycles. The summed E-state index contributed by atoms with van der Waals surface area (Å²) in [6.07, 6.45) is 0. The lowest BCUT2D eigenvalue weighted by molar-refractivity contribution is -0.140. The third-order valence-electron chi connectivity index (χ3n) is 5.45. The number of carbonyl (C=O) groups is 2. The van der Waals surface area contributed by atoms with E-state index in [9.17, 15) is 19.8 Å². The molecule has 0 spiro atoms. The van der Waals surface area contributed by atoms with E-state index in [0.29, 0.717) is 22.8 Å². The summed E-state index contributed by atoms with van der Waals surface area (Å²) in [5, 5.41) is 21.7. The molecule has 3 aromatic carbocycles. The summed E-state index contributed by atoms with van der Waals surface area (Å²) in [7, 11) is 0. The van der Waals surface area contributed by atoms with Gasteiger partial charge in [0.15, 0.2) is 11.5 Å². The van der Waals surface area contributed by atoms with E-state index in [1.54, 1.807) is 43.3 Å². The molecule has 1 fully saturated rings. The monoisotopic (exact) mass is 463 g/mol. The lowest BCUT2D eigenvalue weighted by Gasteiger charge is -2.26. The van der Waals surface area contributed by atoms with Crippen LogP contribution in [-0.4, -0.2) is 33.4 Å². The summed E-state index contributed by atoms with van der Waals surface area (Å²) in [5.74, 6) is -1.62. The first-order chi connectivity index (χ1) is 15.9. The average molecular weight is 464 g/mol. The van der Waals surface area contributed by atoms with Gasteiger partial charge in [0, 0.05) is 17.1 Å². The number of likely N-dealkylation sites (tertiary alicyclic amines) is 1. The lowest BCUT2D eigenvalue weighted by Crippen LogP contribution is -2.29. The highest BCUT2D eigenvalue weighted by atomic mass is 35.5. The number of aromatic hydroxyl groups is 1. The fourth-order valence-corrected chi connectivity index (χ4v) is 4.03. The first kappa shape index (κ1) is 22.4. The number of hydrogen-bond donors (Lipinski definition) is 2. The van der Waals surface area contributed by atoms with E-state index < -0.39 is 17.7 Å². The summed E-state index contributed by atoms with van der Waals surface area (Å²) < 4.78 is 5.51. The highest BCUT2D eigenvalue weighted by Crippen LogP contribution is 2.42. The number of carbonyl (C=O) groups excluding carboxylic acids is 2. The predicted octanol–water partition coefficient (Wildman–Crippen LogP) is 5.07. The molecular formula is C26H22ClNO5. The number of aliphatic hydroxyl groups excluding tert-OH is 1. The number of rotatable bonds is 6. The molecule has 1 aliphatic rings. The van der Waals surface area contributed by atoms with Gasteiger partial charge in [-0.1, -0.05) is 48.0 Å². The Hall–Kier alpha value is -3.77. The maximum Gasteiger partial charge on any atom is 0.295 e. The number of ether oxygens (including phenoxy) is 1. The molecule has 33 heavy (non-hydrogen) atoms. The smallest absolute Gasteiger partial charge is 0.295 e. The van der Waals surface area contributed by atoms with E-state index in [0.717, 1.165) is 5.56 Å². The first-order valence-electron chi connectivity index (χ1n) is 10.4. The van der Waals surface area contributed by atoms with Gasteiger partial charge < -0.3 is 19.8 Å². The minimum atomic E-state index is -0.874. The minimum Gasteiger partial charge on any atom is -0.507 e. The van der Waals surface area contributed by atoms with Crippen LogP contribution < -0.4 is 4.74 Å². The molecule has 1 aliphatic heterocycles. The van der Waals surface area contributed by atoms with Crippen LogP contribution in [0.2, 0.25) is 5.02 Å². The maximum absolute atomic E-state index is 13.1. The largest absolute Gasteiger partial charge is 0.507 e. The van der Waals surface area contributed by atoms with Gasteiger partial charge >= 0.3 is 0 Å². The van der Waals surface area contributed by atoms with Gasteiger partial charge in [-0.3, -0.25) is 9.59 Å². The molecule has 0 saturated carbocycles. The van der Waals surface area contributed by atoms with Crippen molar-refractivity contribution in [2.45, 2.75) is 19.5 Å². The minimum absolute atomic E-state index is 0.0357. The summed E-state index contributed by atoms with van der Waals surface area (Å²) >= 11 is 5.96.